The third kappa shape index (κ3) is 3.41. The monoisotopic (exact) mass is 377 g/mol. The summed E-state index contributed by atoms with van der Waals surface area (Å²) in [7, 11) is 0. The van der Waals surface area contributed by atoms with Gasteiger partial charge in [0.15, 0.2) is 0 Å². The van der Waals surface area contributed by atoms with Crippen molar-refractivity contribution in [2.75, 3.05) is 0 Å². The Hall–Kier alpha value is -1.10. The van der Waals surface area contributed by atoms with Gasteiger partial charge in [0.05, 0.1) is 11.5 Å². The maximum atomic E-state index is 13.1. The highest BCUT2D eigenvalue weighted by atomic mass is 16.5. The lowest BCUT2D eigenvalue weighted by Gasteiger charge is -2.58. The van der Waals surface area contributed by atoms with Crippen molar-refractivity contribution in [3.63, 3.8) is 0 Å². The molecule has 0 heterocycles. The van der Waals surface area contributed by atoms with E-state index in [0.29, 0.717) is 23.7 Å². The first-order valence-corrected chi connectivity index (χ1v) is 10.9. The van der Waals surface area contributed by atoms with Crippen molar-refractivity contribution in [2.24, 2.45) is 29.1 Å². The molecule has 5 aliphatic carbocycles. The molecule has 0 spiro atoms. The van der Waals surface area contributed by atoms with Crippen LogP contribution in [0.4, 0.5) is 0 Å². The summed E-state index contributed by atoms with van der Waals surface area (Å²) < 4.78 is 6.30. The molecule has 5 aliphatic rings. The molecule has 0 aromatic rings. The molecule has 0 aliphatic heterocycles. The third-order valence-electron chi connectivity index (χ3n) is 8.05. The van der Waals surface area contributed by atoms with Gasteiger partial charge in [-0.05, 0) is 82.5 Å². The molecule has 1 amide bonds. The van der Waals surface area contributed by atoms with Gasteiger partial charge < -0.3 is 15.2 Å². The molecule has 0 aromatic carbocycles. The Labute approximate surface area is 162 Å². The number of aliphatic carboxylic acids is 1. The van der Waals surface area contributed by atoms with Crippen LogP contribution in [0.1, 0.15) is 78.6 Å². The Kier molecular flexibility index (Phi) is 4.81. The van der Waals surface area contributed by atoms with Crippen LogP contribution in [0, 0.1) is 29.1 Å². The van der Waals surface area contributed by atoms with Gasteiger partial charge >= 0.3 is 5.97 Å². The van der Waals surface area contributed by atoms with Crippen LogP contribution in [-0.2, 0) is 14.3 Å². The van der Waals surface area contributed by atoms with Gasteiger partial charge in [0, 0.05) is 6.04 Å². The molecular formula is C22H35NO4. The van der Waals surface area contributed by atoms with E-state index < -0.39 is 17.0 Å². The predicted molar refractivity (Wildman–Crippen MR) is 102 cm³/mol. The molecule has 5 fully saturated rings. The van der Waals surface area contributed by atoms with Gasteiger partial charge in [0.2, 0.25) is 0 Å². The number of nitrogens with one attached hydrogen (secondary N) is 1. The van der Waals surface area contributed by atoms with E-state index in [1.165, 1.54) is 19.3 Å². The van der Waals surface area contributed by atoms with Crippen LogP contribution in [0.15, 0.2) is 0 Å². The number of amides is 1. The van der Waals surface area contributed by atoms with E-state index in [9.17, 15) is 14.7 Å². The molecule has 27 heavy (non-hydrogen) atoms. The summed E-state index contributed by atoms with van der Waals surface area (Å²) in [5.74, 6) is 0.992. The minimum Gasteiger partial charge on any atom is -0.481 e. The largest absolute Gasteiger partial charge is 0.481 e. The first-order valence-electron chi connectivity index (χ1n) is 10.9. The molecule has 2 N–H and O–H groups in total. The van der Waals surface area contributed by atoms with Crippen molar-refractivity contribution in [1.29, 1.82) is 0 Å². The van der Waals surface area contributed by atoms with E-state index in [2.05, 4.69) is 12.2 Å². The van der Waals surface area contributed by atoms with Crippen molar-refractivity contribution in [3.8, 4) is 0 Å². The van der Waals surface area contributed by atoms with Gasteiger partial charge in [-0.15, -0.1) is 0 Å². The molecule has 5 nitrogen and oxygen atoms in total. The second-order valence-corrected chi connectivity index (χ2v) is 10.5. The highest BCUT2D eigenvalue weighted by Gasteiger charge is 2.59. The SMILES string of the molecule is CC1CCCCC1OC(C)(C)C(=O)NC1C2CC3CC1CC(C(=O)O)(C3)C2. The lowest BCUT2D eigenvalue weighted by molar-refractivity contribution is -0.171. The van der Waals surface area contributed by atoms with Crippen LogP contribution in [0.2, 0.25) is 0 Å². The number of carbonyl (C=O) groups excluding carboxylic acids is 1. The highest BCUT2D eigenvalue weighted by Crippen LogP contribution is 2.60. The average Bonchev–Trinajstić information content (AvgIpc) is 2.59. The minimum absolute atomic E-state index is 0.0258. The van der Waals surface area contributed by atoms with Crippen LogP contribution in [0.3, 0.4) is 0 Å². The summed E-state index contributed by atoms with van der Waals surface area (Å²) in [6.07, 6.45) is 9.22. The van der Waals surface area contributed by atoms with Crippen molar-refractivity contribution < 1.29 is 19.4 Å². The Balaban J connectivity index is 1.42. The quantitative estimate of drug-likeness (QED) is 0.765. The van der Waals surface area contributed by atoms with Gasteiger partial charge in [0.1, 0.15) is 5.60 Å². The zero-order valence-corrected chi connectivity index (χ0v) is 17.0. The van der Waals surface area contributed by atoms with E-state index in [-0.39, 0.29) is 18.1 Å². The number of carbonyl (C=O) groups is 2. The smallest absolute Gasteiger partial charge is 0.309 e. The zero-order chi connectivity index (χ0) is 19.4. The second kappa shape index (κ2) is 6.75. The fourth-order valence-electron chi connectivity index (χ4n) is 6.74. The maximum Gasteiger partial charge on any atom is 0.309 e. The molecule has 0 aromatic heterocycles. The van der Waals surface area contributed by atoms with Crippen molar-refractivity contribution in [3.05, 3.63) is 0 Å². The molecular weight excluding hydrogens is 342 g/mol. The number of carboxylic acid groups (broad SMARTS) is 1. The summed E-state index contributed by atoms with van der Waals surface area (Å²) in [6, 6.07) is 0.119. The molecule has 5 heteroatoms. The number of hydrogen-bond donors (Lipinski definition) is 2. The molecule has 4 bridgehead atoms. The summed E-state index contributed by atoms with van der Waals surface area (Å²) >= 11 is 0. The van der Waals surface area contributed by atoms with E-state index in [4.69, 9.17) is 4.74 Å². The number of hydrogen-bond acceptors (Lipinski definition) is 3. The van der Waals surface area contributed by atoms with Crippen LogP contribution in [0.5, 0.6) is 0 Å². The normalized spacial score (nSPS) is 43.5. The van der Waals surface area contributed by atoms with E-state index >= 15 is 0 Å². The van der Waals surface area contributed by atoms with Gasteiger partial charge in [-0.2, -0.15) is 0 Å². The number of ether oxygens (including phenoxy) is 1. The van der Waals surface area contributed by atoms with Crippen molar-refractivity contribution in [1.82, 2.24) is 5.32 Å². The van der Waals surface area contributed by atoms with E-state index in [1.807, 2.05) is 13.8 Å². The van der Waals surface area contributed by atoms with E-state index in [1.54, 1.807) is 0 Å². The molecule has 4 atom stereocenters. The van der Waals surface area contributed by atoms with Crippen molar-refractivity contribution in [2.45, 2.75) is 96.3 Å². The third-order valence-corrected chi connectivity index (χ3v) is 8.05. The molecule has 152 valence electrons. The molecule has 5 rings (SSSR count). The van der Waals surface area contributed by atoms with Gasteiger partial charge in [-0.25, -0.2) is 0 Å². The first kappa shape index (κ1) is 19.2. The standard InChI is InChI=1S/C22H35NO4/c1-13-6-4-5-7-17(13)27-21(2,3)19(24)23-18-15-8-14-9-16(18)12-22(10-14,11-15)20(25)26/h13-18H,4-12H2,1-3H3,(H,23,24)(H,25,26). The fourth-order valence-corrected chi connectivity index (χ4v) is 6.74. The molecule has 4 unspecified atom stereocenters. The summed E-state index contributed by atoms with van der Waals surface area (Å²) in [5, 5.41) is 13.1. The fraction of sp³-hybridized carbons (Fsp3) is 0.909. The second-order valence-electron chi connectivity index (χ2n) is 10.5. The lowest BCUT2D eigenvalue weighted by atomic mass is 9.48. The summed E-state index contributed by atoms with van der Waals surface area (Å²) in [6.45, 7) is 6.00. The highest BCUT2D eigenvalue weighted by molar-refractivity contribution is 5.84. The van der Waals surface area contributed by atoms with Crippen LogP contribution in [-0.4, -0.2) is 34.7 Å². The Bertz CT molecular complexity index is 599. The van der Waals surface area contributed by atoms with Gasteiger partial charge in [-0.1, -0.05) is 19.8 Å². The number of carboxylic acids is 1. The Morgan fingerprint density at radius 2 is 1.70 bits per heavy atom. The zero-order valence-electron chi connectivity index (χ0n) is 17.0. The lowest BCUT2D eigenvalue weighted by Crippen LogP contribution is -2.63. The van der Waals surface area contributed by atoms with Crippen LogP contribution in [0.25, 0.3) is 0 Å². The maximum absolute atomic E-state index is 13.1. The van der Waals surface area contributed by atoms with Crippen LogP contribution < -0.4 is 5.32 Å². The van der Waals surface area contributed by atoms with Gasteiger partial charge in [0.25, 0.3) is 5.91 Å². The molecule has 0 saturated heterocycles. The Morgan fingerprint density at radius 3 is 2.30 bits per heavy atom. The minimum atomic E-state index is -0.838. The van der Waals surface area contributed by atoms with Crippen molar-refractivity contribution >= 4 is 11.9 Å². The average molecular weight is 378 g/mol. The molecule has 5 saturated carbocycles. The predicted octanol–water partition coefficient (Wildman–Crippen LogP) is 3.76. The number of rotatable bonds is 5. The van der Waals surface area contributed by atoms with Crippen LogP contribution >= 0.6 is 0 Å². The van der Waals surface area contributed by atoms with E-state index in [0.717, 1.165) is 38.5 Å². The summed E-state index contributed by atoms with van der Waals surface area (Å²) in [4.78, 5) is 25.0. The first-order chi connectivity index (χ1) is 12.7. The Morgan fingerprint density at radius 1 is 1.07 bits per heavy atom. The van der Waals surface area contributed by atoms with Gasteiger partial charge in [-0.3, -0.25) is 9.59 Å². The molecule has 0 radical (unpaired) electrons. The topological polar surface area (TPSA) is 75.6 Å². The summed E-state index contributed by atoms with van der Waals surface area (Å²) in [5.41, 5.74) is -1.36.